The molecule has 0 aliphatic heterocycles. The van der Waals surface area contributed by atoms with E-state index in [0.717, 1.165) is 6.42 Å². The van der Waals surface area contributed by atoms with Crippen LogP contribution in [0.3, 0.4) is 0 Å². The van der Waals surface area contributed by atoms with Gasteiger partial charge in [-0.25, -0.2) is 4.79 Å². The first-order valence-corrected chi connectivity index (χ1v) is 6.08. The van der Waals surface area contributed by atoms with Crippen LogP contribution in [0.25, 0.3) is 0 Å². The van der Waals surface area contributed by atoms with Crippen molar-refractivity contribution >= 4 is 6.03 Å². The monoisotopic (exact) mass is 230 g/mol. The van der Waals surface area contributed by atoms with Crippen molar-refractivity contribution in [2.75, 3.05) is 13.6 Å². The Morgan fingerprint density at radius 2 is 1.94 bits per heavy atom. The minimum atomic E-state index is -0.359. The summed E-state index contributed by atoms with van der Waals surface area (Å²) in [5, 5.41) is 12.1. The molecule has 0 aliphatic carbocycles. The van der Waals surface area contributed by atoms with Crippen LogP contribution < -0.4 is 5.32 Å². The number of hydrogen-bond donors (Lipinski definition) is 2. The van der Waals surface area contributed by atoms with E-state index in [0.29, 0.717) is 18.9 Å². The number of urea groups is 1. The Morgan fingerprint density at radius 3 is 2.38 bits per heavy atom. The Bertz CT molecular complexity index is 207. The first-order valence-electron chi connectivity index (χ1n) is 6.08. The number of rotatable bonds is 6. The summed E-state index contributed by atoms with van der Waals surface area (Å²) in [5.41, 5.74) is 0. The third-order valence-corrected chi connectivity index (χ3v) is 3.08. The average Bonchev–Trinajstić information content (AvgIpc) is 2.24. The standard InChI is InChI=1S/C12H26N2O2/c1-6-9(2)11(4)13-12(16)14(5)8-7-10(3)15/h9-11,15H,6-8H2,1-5H3,(H,13,16). The van der Waals surface area contributed by atoms with Gasteiger partial charge in [-0.1, -0.05) is 20.3 Å². The van der Waals surface area contributed by atoms with Gasteiger partial charge in [0, 0.05) is 19.6 Å². The highest BCUT2D eigenvalue weighted by Crippen LogP contribution is 2.07. The van der Waals surface area contributed by atoms with E-state index < -0.39 is 0 Å². The number of aliphatic hydroxyl groups excluding tert-OH is 1. The molecule has 0 saturated carbocycles. The molecule has 0 fully saturated rings. The number of nitrogens with zero attached hydrogens (tertiary/aromatic N) is 1. The van der Waals surface area contributed by atoms with Crippen LogP contribution in [0.5, 0.6) is 0 Å². The predicted octanol–water partition coefficient (Wildman–Crippen LogP) is 1.83. The van der Waals surface area contributed by atoms with Gasteiger partial charge in [-0.05, 0) is 26.2 Å². The zero-order valence-corrected chi connectivity index (χ0v) is 11.2. The first-order chi connectivity index (χ1) is 7.38. The quantitative estimate of drug-likeness (QED) is 0.731. The molecule has 0 aromatic rings. The van der Waals surface area contributed by atoms with Crippen LogP contribution >= 0.6 is 0 Å². The van der Waals surface area contributed by atoms with Crippen molar-refractivity contribution in [2.45, 2.75) is 52.7 Å². The van der Waals surface area contributed by atoms with Crippen LogP contribution in [0.15, 0.2) is 0 Å². The lowest BCUT2D eigenvalue weighted by Crippen LogP contribution is -2.44. The largest absolute Gasteiger partial charge is 0.393 e. The lowest BCUT2D eigenvalue weighted by Gasteiger charge is -2.24. The summed E-state index contributed by atoms with van der Waals surface area (Å²) in [6.07, 6.45) is 1.31. The molecule has 4 nitrogen and oxygen atoms in total. The molecule has 2 N–H and O–H groups in total. The van der Waals surface area contributed by atoms with Crippen molar-refractivity contribution < 1.29 is 9.90 Å². The van der Waals surface area contributed by atoms with Crippen molar-refractivity contribution in [3.05, 3.63) is 0 Å². The molecule has 0 rings (SSSR count). The molecular weight excluding hydrogens is 204 g/mol. The molecule has 3 unspecified atom stereocenters. The van der Waals surface area contributed by atoms with Crippen molar-refractivity contribution in [3.8, 4) is 0 Å². The maximum absolute atomic E-state index is 11.7. The molecule has 16 heavy (non-hydrogen) atoms. The Labute approximate surface area is 99.0 Å². The van der Waals surface area contributed by atoms with E-state index in [4.69, 9.17) is 5.11 Å². The van der Waals surface area contributed by atoms with E-state index >= 15 is 0 Å². The summed E-state index contributed by atoms with van der Waals surface area (Å²) in [6.45, 7) is 8.57. The average molecular weight is 230 g/mol. The number of carbonyl (C=O) groups excluding carboxylic acids is 1. The molecule has 96 valence electrons. The van der Waals surface area contributed by atoms with Crippen LogP contribution in [0, 0.1) is 5.92 Å². The van der Waals surface area contributed by atoms with Gasteiger partial charge in [-0.3, -0.25) is 0 Å². The second-order valence-electron chi connectivity index (χ2n) is 4.68. The van der Waals surface area contributed by atoms with Gasteiger partial charge >= 0.3 is 6.03 Å². The molecular formula is C12H26N2O2. The summed E-state index contributed by atoms with van der Waals surface area (Å²) in [6, 6.07) is 0.125. The summed E-state index contributed by atoms with van der Waals surface area (Å²) in [4.78, 5) is 13.3. The summed E-state index contributed by atoms with van der Waals surface area (Å²) in [7, 11) is 1.75. The van der Waals surface area contributed by atoms with E-state index in [9.17, 15) is 4.79 Å². The second-order valence-corrected chi connectivity index (χ2v) is 4.68. The minimum absolute atomic E-state index is 0.0616. The van der Waals surface area contributed by atoms with E-state index in [-0.39, 0.29) is 18.2 Å². The second kappa shape index (κ2) is 7.49. The fraction of sp³-hybridized carbons (Fsp3) is 0.917. The molecule has 0 aromatic heterocycles. The Hall–Kier alpha value is -0.770. The molecule has 0 radical (unpaired) electrons. The fourth-order valence-electron chi connectivity index (χ4n) is 1.28. The molecule has 0 bridgehead atoms. The van der Waals surface area contributed by atoms with Crippen molar-refractivity contribution in [2.24, 2.45) is 5.92 Å². The molecule has 0 aromatic carbocycles. The number of carbonyl (C=O) groups is 1. The lowest BCUT2D eigenvalue weighted by molar-refractivity contribution is 0.161. The summed E-state index contributed by atoms with van der Waals surface area (Å²) in [5.74, 6) is 0.481. The summed E-state index contributed by atoms with van der Waals surface area (Å²) < 4.78 is 0. The Kier molecular flexibility index (Phi) is 7.13. The lowest BCUT2D eigenvalue weighted by atomic mass is 10.0. The zero-order chi connectivity index (χ0) is 12.7. The highest BCUT2D eigenvalue weighted by atomic mass is 16.3. The number of amides is 2. The van der Waals surface area contributed by atoms with E-state index in [1.165, 1.54) is 0 Å². The van der Waals surface area contributed by atoms with Gasteiger partial charge < -0.3 is 15.3 Å². The topological polar surface area (TPSA) is 52.6 Å². The molecule has 2 amide bonds. The molecule has 0 aliphatic rings. The van der Waals surface area contributed by atoms with Gasteiger partial charge in [0.25, 0.3) is 0 Å². The van der Waals surface area contributed by atoms with Crippen LogP contribution in [-0.4, -0.2) is 41.8 Å². The molecule has 0 spiro atoms. The van der Waals surface area contributed by atoms with E-state index in [1.54, 1.807) is 18.9 Å². The fourth-order valence-corrected chi connectivity index (χ4v) is 1.28. The van der Waals surface area contributed by atoms with Crippen molar-refractivity contribution in [3.63, 3.8) is 0 Å². The third kappa shape index (κ3) is 5.95. The van der Waals surface area contributed by atoms with Crippen LogP contribution in [0.2, 0.25) is 0 Å². The van der Waals surface area contributed by atoms with Gasteiger partial charge in [-0.2, -0.15) is 0 Å². The third-order valence-electron chi connectivity index (χ3n) is 3.08. The van der Waals surface area contributed by atoms with Gasteiger partial charge in [0.15, 0.2) is 0 Å². The van der Waals surface area contributed by atoms with Gasteiger partial charge in [-0.15, -0.1) is 0 Å². The zero-order valence-electron chi connectivity index (χ0n) is 11.2. The van der Waals surface area contributed by atoms with Crippen molar-refractivity contribution in [1.82, 2.24) is 10.2 Å². The maximum atomic E-state index is 11.7. The maximum Gasteiger partial charge on any atom is 0.317 e. The number of aliphatic hydroxyl groups is 1. The van der Waals surface area contributed by atoms with Crippen LogP contribution in [0.4, 0.5) is 4.79 Å². The van der Waals surface area contributed by atoms with Crippen LogP contribution in [0.1, 0.15) is 40.5 Å². The highest BCUT2D eigenvalue weighted by molar-refractivity contribution is 5.74. The predicted molar refractivity (Wildman–Crippen MR) is 66.4 cm³/mol. The number of nitrogens with one attached hydrogen (secondary N) is 1. The van der Waals surface area contributed by atoms with E-state index in [2.05, 4.69) is 19.2 Å². The van der Waals surface area contributed by atoms with Crippen molar-refractivity contribution in [1.29, 1.82) is 0 Å². The van der Waals surface area contributed by atoms with E-state index in [1.807, 2.05) is 6.92 Å². The van der Waals surface area contributed by atoms with Gasteiger partial charge in [0.2, 0.25) is 0 Å². The first kappa shape index (κ1) is 15.2. The SMILES string of the molecule is CCC(C)C(C)NC(=O)N(C)CCC(C)O. The molecule has 4 heteroatoms. The van der Waals surface area contributed by atoms with Gasteiger partial charge in [0.1, 0.15) is 0 Å². The number of hydrogen-bond acceptors (Lipinski definition) is 2. The Morgan fingerprint density at radius 1 is 1.38 bits per heavy atom. The molecule has 0 heterocycles. The Balaban J connectivity index is 3.95. The minimum Gasteiger partial charge on any atom is -0.393 e. The molecule has 0 saturated heterocycles. The normalized spacial score (nSPS) is 16.4. The highest BCUT2D eigenvalue weighted by Gasteiger charge is 2.15. The van der Waals surface area contributed by atoms with Gasteiger partial charge in [0.05, 0.1) is 6.10 Å². The van der Waals surface area contributed by atoms with Crippen LogP contribution in [-0.2, 0) is 0 Å². The smallest absolute Gasteiger partial charge is 0.317 e. The molecule has 3 atom stereocenters. The summed E-state index contributed by atoms with van der Waals surface area (Å²) >= 11 is 0.